The van der Waals surface area contributed by atoms with Crippen LogP contribution in [0.4, 0.5) is 0 Å². The zero-order valence-corrected chi connectivity index (χ0v) is 11.2. The van der Waals surface area contributed by atoms with Gasteiger partial charge < -0.3 is 4.74 Å². The molecule has 2 heterocycles. The first-order chi connectivity index (χ1) is 9.88. The molecule has 104 valence electrons. The van der Waals surface area contributed by atoms with Crippen LogP contribution in [0.15, 0.2) is 54.6 Å². The number of rotatable bonds is 4. The zero-order valence-electron chi connectivity index (χ0n) is 11.2. The van der Waals surface area contributed by atoms with Crippen LogP contribution in [-0.2, 0) is 4.74 Å². The van der Waals surface area contributed by atoms with Crippen LogP contribution in [0.5, 0.6) is 0 Å². The van der Waals surface area contributed by atoms with E-state index in [-0.39, 0.29) is 6.04 Å². The second-order valence-electron chi connectivity index (χ2n) is 4.82. The number of nitrogens with two attached hydrogens (primary N) is 1. The van der Waals surface area contributed by atoms with E-state index in [1.807, 2.05) is 53.7 Å². The molecule has 1 aliphatic rings. The minimum Gasteiger partial charge on any atom is -0.501 e. The fraction of sp³-hybridized carbons (Fsp3) is 0.267. The maximum atomic E-state index is 5.70. The number of nitrogens with one attached hydrogen (secondary N) is 1. The smallest absolute Gasteiger partial charge is 0.0876 e. The molecule has 0 amide bonds. The van der Waals surface area contributed by atoms with Crippen molar-refractivity contribution in [2.75, 3.05) is 6.61 Å². The average Bonchev–Trinajstić information content (AvgIpc) is 3.00. The lowest BCUT2D eigenvalue weighted by Crippen LogP contribution is -2.30. The molecule has 5 nitrogen and oxygen atoms in total. The van der Waals surface area contributed by atoms with Crippen molar-refractivity contribution in [3.63, 3.8) is 0 Å². The molecule has 1 aromatic heterocycles. The first kappa shape index (κ1) is 12.9. The Balaban J connectivity index is 1.86. The fourth-order valence-corrected chi connectivity index (χ4v) is 2.42. The molecule has 0 saturated heterocycles. The Morgan fingerprint density at radius 1 is 1.30 bits per heavy atom. The fourth-order valence-electron chi connectivity index (χ4n) is 2.42. The first-order valence-corrected chi connectivity index (χ1v) is 6.75. The average molecular weight is 270 g/mol. The standard InChI is InChI=1S/C15H18N4O/c16-18-15(12-5-4-8-20-11-12)13-9-17-19(10-13)14-6-2-1-3-7-14/h1-3,6-7,9-11,15,18H,4-5,8,16H2. The van der Waals surface area contributed by atoms with Gasteiger partial charge in [-0.1, -0.05) is 18.2 Å². The van der Waals surface area contributed by atoms with E-state index in [9.17, 15) is 0 Å². The number of hydrogen-bond donors (Lipinski definition) is 2. The molecule has 1 aliphatic heterocycles. The van der Waals surface area contributed by atoms with Crippen LogP contribution < -0.4 is 11.3 Å². The molecular weight excluding hydrogens is 252 g/mol. The lowest BCUT2D eigenvalue weighted by atomic mass is 9.98. The van der Waals surface area contributed by atoms with Gasteiger partial charge >= 0.3 is 0 Å². The van der Waals surface area contributed by atoms with Crippen molar-refractivity contribution < 1.29 is 4.74 Å². The molecule has 0 bridgehead atoms. The highest BCUT2D eigenvalue weighted by molar-refractivity contribution is 5.33. The highest BCUT2D eigenvalue weighted by Gasteiger charge is 2.19. The predicted octanol–water partition coefficient (Wildman–Crippen LogP) is 2.07. The van der Waals surface area contributed by atoms with Crippen LogP contribution in [0.1, 0.15) is 24.4 Å². The minimum atomic E-state index is -0.0484. The Morgan fingerprint density at radius 2 is 2.15 bits per heavy atom. The lowest BCUT2D eigenvalue weighted by Gasteiger charge is -2.21. The maximum Gasteiger partial charge on any atom is 0.0876 e. The summed E-state index contributed by atoms with van der Waals surface area (Å²) in [5.41, 5.74) is 6.08. The molecule has 0 radical (unpaired) electrons. The van der Waals surface area contributed by atoms with Crippen molar-refractivity contribution in [2.24, 2.45) is 5.84 Å². The van der Waals surface area contributed by atoms with Crippen LogP contribution in [0.25, 0.3) is 5.69 Å². The van der Waals surface area contributed by atoms with E-state index in [1.165, 1.54) is 0 Å². The Kier molecular flexibility index (Phi) is 3.80. The summed E-state index contributed by atoms with van der Waals surface area (Å²) in [5.74, 6) is 5.70. The van der Waals surface area contributed by atoms with Crippen molar-refractivity contribution in [2.45, 2.75) is 18.9 Å². The van der Waals surface area contributed by atoms with Gasteiger partial charge in [-0.15, -0.1) is 0 Å². The Labute approximate surface area is 118 Å². The number of aromatic nitrogens is 2. The molecule has 0 fully saturated rings. The largest absolute Gasteiger partial charge is 0.501 e. The summed E-state index contributed by atoms with van der Waals surface area (Å²) in [7, 11) is 0. The van der Waals surface area contributed by atoms with Crippen molar-refractivity contribution in [1.29, 1.82) is 0 Å². The normalized spacial score (nSPS) is 16.4. The number of benzene rings is 1. The number of para-hydroxylation sites is 1. The molecule has 0 aliphatic carbocycles. The molecule has 3 rings (SSSR count). The van der Waals surface area contributed by atoms with Gasteiger partial charge in [0.15, 0.2) is 0 Å². The van der Waals surface area contributed by atoms with Gasteiger partial charge in [0.2, 0.25) is 0 Å². The Morgan fingerprint density at radius 3 is 2.85 bits per heavy atom. The summed E-state index contributed by atoms with van der Waals surface area (Å²) in [5, 5.41) is 4.40. The molecule has 5 heteroatoms. The molecule has 1 atom stereocenters. The van der Waals surface area contributed by atoms with E-state index in [0.29, 0.717) is 0 Å². The third-order valence-electron chi connectivity index (χ3n) is 3.46. The minimum absolute atomic E-state index is 0.0484. The van der Waals surface area contributed by atoms with Crippen molar-refractivity contribution in [1.82, 2.24) is 15.2 Å². The number of ether oxygens (including phenoxy) is 1. The third kappa shape index (κ3) is 2.59. The van der Waals surface area contributed by atoms with Gasteiger partial charge in [-0.25, -0.2) is 10.1 Å². The Hall–Kier alpha value is -2.11. The van der Waals surface area contributed by atoms with Gasteiger partial charge in [-0.3, -0.25) is 5.84 Å². The summed E-state index contributed by atoms with van der Waals surface area (Å²) >= 11 is 0. The second-order valence-corrected chi connectivity index (χ2v) is 4.82. The highest BCUT2D eigenvalue weighted by atomic mass is 16.5. The van der Waals surface area contributed by atoms with Crippen LogP contribution in [0, 0.1) is 0 Å². The van der Waals surface area contributed by atoms with E-state index in [2.05, 4.69) is 10.5 Å². The number of hydrogen-bond acceptors (Lipinski definition) is 4. The molecule has 2 aromatic rings. The summed E-state index contributed by atoms with van der Waals surface area (Å²) in [4.78, 5) is 0. The van der Waals surface area contributed by atoms with Crippen molar-refractivity contribution in [3.8, 4) is 5.69 Å². The lowest BCUT2D eigenvalue weighted by molar-refractivity contribution is 0.219. The molecule has 0 spiro atoms. The summed E-state index contributed by atoms with van der Waals surface area (Å²) in [6.07, 6.45) is 7.67. The summed E-state index contributed by atoms with van der Waals surface area (Å²) < 4.78 is 7.24. The second kappa shape index (κ2) is 5.90. The van der Waals surface area contributed by atoms with Gasteiger partial charge in [0, 0.05) is 11.8 Å². The monoisotopic (exact) mass is 270 g/mol. The van der Waals surface area contributed by atoms with Gasteiger partial charge in [0.05, 0.1) is 30.8 Å². The zero-order chi connectivity index (χ0) is 13.8. The van der Waals surface area contributed by atoms with E-state index in [1.54, 1.807) is 0 Å². The first-order valence-electron chi connectivity index (χ1n) is 6.75. The summed E-state index contributed by atoms with van der Waals surface area (Å²) in [6.45, 7) is 0.782. The highest BCUT2D eigenvalue weighted by Crippen LogP contribution is 2.27. The third-order valence-corrected chi connectivity index (χ3v) is 3.46. The van der Waals surface area contributed by atoms with E-state index in [4.69, 9.17) is 10.6 Å². The topological polar surface area (TPSA) is 65.1 Å². The maximum absolute atomic E-state index is 5.70. The van der Waals surface area contributed by atoms with Gasteiger partial charge in [-0.2, -0.15) is 5.10 Å². The van der Waals surface area contributed by atoms with Crippen LogP contribution >= 0.6 is 0 Å². The van der Waals surface area contributed by atoms with E-state index in [0.717, 1.165) is 36.3 Å². The number of hydrazine groups is 1. The molecular formula is C15H18N4O. The van der Waals surface area contributed by atoms with Gasteiger partial charge in [0.1, 0.15) is 0 Å². The SMILES string of the molecule is NNC(C1=COCCC1)c1cnn(-c2ccccc2)c1. The molecule has 20 heavy (non-hydrogen) atoms. The summed E-state index contributed by atoms with van der Waals surface area (Å²) in [6, 6.07) is 9.96. The van der Waals surface area contributed by atoms with Crippen LogP contribution in [-0.4, -0.2) is 16.4 Å². The molecule has 0 saturated carbocycles. The van der Waals surface area contributed by atoms with Gasteiger partial charge in [0.25, 0.3) is 0 Å². The Bertz CT molecular complexity index is 591. The van der Waals surface area contributed by atoms with Crippen molar-refractivity contribution >= 4 is 0 Å². The van der Waals surface area contributed by atoms with Crippen LogP contribution in [0.2, 0.25) is 0 Å². The predicted molar refractivity (Wildman–Crippen MR) is 76.9 cm³/mol. The molecule has 3 N–H and O–H groups in total. The molecule has 1 unspecified atom stereocenters. The van der Waals surface area contributed by atoms with E-state index >= 15 is 0 Å². The number of nitrogens with zero attached hydrogens (tertiary/aromatic N) is 2. The van der Waals surface area contributed by atoms with Crippen LogP contribution in [0.3, 0.4) is 0 Å². The molecule has 1 aromatic carbocycles. The van der Waals surface area contributed by atoms with E-state index < -0.39 is 0 Å². The van der Waals surface area contributed by atoms with Crippen molar-refractivity contribution in [3.05, 3.63) is 60.1 Å². The van der Waals surface area contributed by atoms with Gasteiger partial charge in [-0.05, 0) is 30.5 Å². The quantitative estimate of drug-likeness (QED) is 0.659.